The second-order valence-corrected chi connectivity index (χ2v) is 7.59. The van der Waals surface area contributed by atoms with E-state index < -0.39 is 29.9 Å². The fourth-order valence-corrected chi connectivity index (χ4v) is 3.49. The van der Waals surface area contributed by atoms with Gasteiger partial charge in [0.2, 0.25) is 0 Å². The van der Waals surface area contributed by atoms with Gasteiger partial charge in [-0.1, -0.05) is 0 Å². The van der Waals surface area contributed by atoms with Crippen molar-refractivity contribution in [3.63, 3.8) is 0 Å². The Kier molecular flexibility index (Phi) is 6.68. The highest BCUT2D eigenvalue weighted by molar-refractivity contribution is 5.90. The van der Waals surface area contributed by atoms with Gasteiger partial charge in [0.25, 0.3) is 5.91 Å². The number of aliphatic hydroxyl groups excluding tert-OH is 1. The van der Waals surface area contributed by atoms with E-state index in [0.29, 0.717) is 29.2 Å². The van der Waals surface area contributed by atoms with Crippen LogP contribution in [-0.2, 0) is 19.1 Å². The minimum atomic E-state index is -0.635. The molecule has 2 aliphatic heterocycles. The summed E-state index contributed by atoms with van der Waals surface area (Å²) in [5, 5.41) is 14.4. The van der Waals surface area contributed by atoms with Crippen molar-refractivity contribution >= 4 is 35.8 Å². The standard InChI is InChI=1S/C22H22FN5O6/c1-14(30)33-12-21(31)28-7-6-26(13-25-28)20-5-2-15(9-24-20)18-4-3-16(8-19(18)23)27-10-17(11-29)34-22(27)32/h2-5,8-9,13,17,29H,6-7,10-12H2,1H3/t17-/m1/s1. The average molecular weight is 471 g/mol. The zero-order chi connectivity index (χ0) is 24.2. The first-order valence-corrected chi connectivity index (χ1v) is 10.4. The van der Waals surface area contributed by atoms with Crippen LogP contribution < -0.4 is 9.80 Å². The summed E-state index contributed by atoms with van der Waals surface area (Å²) in [7, 11) is 0. The van der Waals surface area contributed by atoms with Crippen LogP contribution in [0.3, 0.4) is 0 Å². The maximum absolute atomic E-state index is 14.8. The minimum absolute atomic E-state index is 0.147. The molecular weight excluding hydrogens is 449 g/mol. The van der Waals surface area contributed by atoms with Gasteiger partial charge in [0, 0.05) is 30.8 Å². The number of hydrogen-bond acceptors (Lipinski definition) is 9. The molecule has 0 saturated carbocycles. The summed E-state index contributed by atoms with van der Waals surface area (Å²) in [6.45, 7) is 1.41. The largest absolute Gasteiger partial charge is 0.456 e. The molecule has 12 heteroatoms. The van der Waals surface area contributed by atoms with Gasteiger partial charge in [-0.25, -0.2) is 19.2 Å². The minimum Gasteiger partial charge on any atom is -0.456 e. The topological polar surface area (TPSA) is 125 Å². The highest BCUT2D eigenvalue weighted by Gasteiger charge is 2.32. The Morgan fingerprint density at radius 3 is 2.68 bits per heavy atom. The summed E-state index contributed by atoms with van der Waals surface area (Å²) in [6, 6.07) is 7.80. The van der Waals surface area contributed by atoms with Gasteiger partial charge in [-0.3, -0.25) is 14.5 Å². The lowest BCUT2D eigenvalue weighted by atomic mass is 10.1. The Bertz CT molecular complexity index is 1130. The van der Waals surface area contributed by atoms with Crippen LogP contribution in [0.4, 0.5) is 20.7 Å². The van der Waals surface area contributed by atoms with E-state index in [-0.39, 0.29) is 26.3 Å². The van der Waals surface area contributed by atoms with Crippen LogP contribution in [0.15, 0.2) is 41.6 Å². The lowest BCUT2D eigenvalue weighted by molar-refractivity contribution is -0.150. The molecule has 1 N–H and O–H groups in total. The number of rotatable bonds is 6. The summed E-state index contributed by atoms with van der Waals surface area (Å²) in [4.78, 5) is 42.1. The molecule has 0 radical (unpaired) electrons. The number of aliphatic hydroxyl groups is 1. The van der Waals surface area contributed by atoms with Gasteiger partial charge < -0.3 is 19.5 Å². The highest BCUT2D eigenvalue weighted by Crippen LogP contribution is 2.29. The fourth-order valence-electron chi connectivity index (χ4n) is 3.49. The Morgan fingerprint density at radius 2 is 2.09 bits per heavy atom. The predicted molar refractivity (Wildman–Crippen MR) is 119 cm³/mol. The molecule has 1 aromatic carbocycles. The van der Waals surface area contributed by atoms with Crippen molar-refractivity contribution in [2.75, 3.05) is 42.6 Å². The summed E-state index contributed by atoms with van der Waals surface area (Å²) in [5.74, 6) is -0.942. The molecule has 0 bridgehead atoms. The Morgan fingerprint density at radius 1 is 1.26 bits per heavy atom. The molecule has 34 heavy (non-hydrogen) atoms. The van der Waals surface area contributed by atoms with Crippen LogP contribution in [0.25, 0.3) is 11.1 Å². The van der Waals surface area contributed by atoms with Crippen molar-refractivity contribution in [3.8, 4) is 11.1 Å². The van der Waals surface area contributed by atoms with Crippen molar-refractivity contribution in [3.05, 3.63) is 42.3 Å². The van der Waals surface area contributed by atoms with Gasteiger partial charge in [-0.05, 0) is 30.3 Å². The number of ether oxygens (including phenoxy) is 2. The number of carbonyl (C=O) groups excluding carboxylic acids is 3. The van der Waals surface area contributed by atoms with E-state index in [0.717, 1.165) is 0 Å². The number of hydrogen-bond donors (Lipinski definition) is 1. The first-order chi connectivity index (χ1) is 16.4. The smallest absolute Gasteiger partial charge is 0.414 e. The molecule has 0 spiro atoms. The van der Waals surface area contributed by atoms with Crippen LogP contribution in [-0.4, -0.2) is 78.4 Å². The lowest BCUT2D eigenvalue weighted by Gasteiger charge is -2.27. The number of anilines is 2. The Balaban J connectivity index is 1.42. The third-order valence-electron chi connectivity index (χ3n) is 5.27. The Hall–Kier alpha value is -4.06. The SMILES string of the molecule is CC(=O)OCC(=O)N1CCN(c2ccc(-c3ccc(N4C[C@H](CO)OC4=O)cc3F)cn2)C=N1. The maximum Gasteiger partial charge on any atom is 0.414 e. The number of cyclic esters (lactones) is 1. The van der Waals surface area contributed by atoms with Crippen molar-refractivity contribution in [1.29, 1.82) is 0 Å². The number of benzene rings is 1. The molecule has 1 fully saturated rings. The van der Waals surface area contributed by atoms with E-state index in [1.54, 1.807) is 29.2 Å². The predicted octanol–water partition coefficient (Wildman–Crippen LogP) is 1.36. The molecule has 2 amide bonds. The van der Waals surface area contributed by atoms with Crippen LogP contribution in [0.1, 0.15) is 6.92 Å². The molecule has 1 saturated heterocycles. The summed E-state index contributed by atoms with van der Waals surface area (Å²) >= 11 is 0. The van der Waals surface area contributed by atoms with Crippen LogP contribution >= 0.6 is 0 Å². The number of amides is 2. The van der Waals surface area contributed by atoms with Crippen LogP contribution in [0.2, 0.25) is 0 Å². The summed E-state index contributed by atoms with van der Waals surface area (Å²) < 4.78 is 24.5. The van der Waals surface area contributed by atoms with Crippen molar-refractivity contribution in [2.24, 2.45) is 5.10 Å². The second-order valence-electron chi connectivity index (χ2n) is 7.59. The number of carbonyl (C=O) groups is 3. The molecule has 1 atom stereocenters. The number of hydrazone groups is 1. The first-order valence-electron chi connectivity index (χ1n) is 10.4. The first kappa shape index (κ1) is 23.1. The molecular formula is C22H22FN5O6. The molecule has 2 aromatic rings. The number of nitrogens with zero attached hydrogens (tertiary/aromatic N) is 5. The molecule has 1 aromatic heterocycles. The van der Waals surface area contributed by atoms with Crippen molar-refractivity contribution in [2.45, 2.75) is 13.0 Å². The third-order valence-corrected chi connectivity index (χ3v) is 5.27. The molecule has 178 valence electrons. The maximum atomic E-state index is 14.8. The van der Waals surface area contributed by atoms with Gasteiger partial charge in [0.05, 0.1) is 25.4 Å². The monoisotopic (exact) mass is 471 g/mol. The molecule has 2 aliphatic rings. The second kappa shape index (κ2) is 9.83. The van der Waals surface area contributed by atoms with Gasteiger partial charge in [-0.15, -0.1) is 0 Å². The van der Waals surface area contributed by atoms with Crippen LogP contribution in [0, 0.1) is 5.82 Å². The number of aromatic nitrogens is 1. The normalized spacial score (nSPS) is 17.7. The quantitative estimate of drug-likeness (QED) is 0.627. The van der Waals surface area contributed by atoms with Crippen molar-refractivity contribution < 1.29 is 33.4 Å². The van der Waals surface area contributed by atoms with E-state index in [1.807, 2.05) is 0 Å². The molecule has 0 aliphatic carbocycles. The number of pyridine rings is 1. The summed E-state index contributed by atoms with van der Waals surface area (Å²) in [5.41, 5.74) is 1.19. The number of esters is 1. The molecule has 4 rings (SSSR count). The third kappa shape index (κ3) is 4.96. The molecule has 11 nitrogen and oxygen atoms in total. The van der Waals surface area contributed by atoms with Crippen molar-refractivity contribution in [1.82, 2.24) is 9.99 Å². The van der Waals surface area contributed by atoms with Gasteiger partial charge in [0.15, 0.2) is 6.61 Å². The van der Waals surface area contributed by atoms with Gasteiger partial charge >= 0.3 is 12.1 Å². The highest BCUT2D eigenvalue weighted by atomic mass is 19.1. The van der Waals surface area contributed by atoms with Crippen LogP contribution in [0.5, 0.6) is 0 Å². The molecule has 0 unspecified atom stereocenters. The van der Waals surface area contributed by atoms with Gasteiger partial charge in [0.1, 0.15) is 24.1 Å². The number of halogens is 1. The fraction of sp³-hybridized carbons (Fsp3) is 0.318. The van der Waals surface area contributed by atoms with E-state index in [1.165, 1.54) is 35.4 Å². The average Bonchev–Trinajstić information content (AvgIpc) is 3.23. The Labute approximate surface area is 194 Å². The van der Waals surface area contributed by atoms with E-state index in [4.69, 9.17) is 9.84 Å². The van der Waals surface area contributed by atoms with E-state index in [2.05, 4.69) is 14.8 Å². The molecule has 3 heterocycles. The zero-order valence-corrected chi connectivity index (χ0v) is 18.3. The lowest BCUT2D eigenvalue weighted by Crippen LogP contribution is -2.42. The van der Waals surface area contributed by atoms with E-state index in [9.17, 15) is 18.8 Å². The van der Waals surface area contributed by atoms with Gasteiger partial charge in [-0.2, -0.15) is 5.10 Å². The van der Waals surface area contributed by atoms with E-state index >= 15 is 0 Å². The summed E-state index contributed by atoms with van der Waals surface area (Å²) in [6.07, 6.45) is 1.70. The zero-order valence-electron chi connectivity index (χ0n) is 18.3.